The summed E-state index contributed by atoms with van der Waals surface area (Å²) in [5.41, 5.74) is 8.97. The number of benzene rings is 1. The fourth-order valence-electron chi connectivity index (χ4n) is 1.89. The summed E-state index contributed by atoms with van der Waals surface area (Å²) in [5.74, 6) is -0.781. The molecule has 94 valence electrons. The van der Waals surface area contributed by atoms with E-state index in [2.05, 4.69) is 18.2 Å². The summed E-state index contributed by atoms with van der Waals surface area (Å²) < 4.78 is 0. The van der Waals surface area contributed by atoms with E-state index in [4.69, 9.17) is 10.8 Å². The first-order valence-corrected chi connectivity index (χ1v) is 5.78. The zero-order valence-electron chi connectivity index (χ0n) is 10.4. The molecule has 4 nitrogen and oxygen atoms in total. The van der Waals surface area contributed by atoms with E-state index in [1.54, 1.807) is 0 Å². The lowest BCUT2D eigenvalue weighted by Gasteiger charge is -2.24. The molecule has 0 atom stereocenters. The molecule has 1 rings (SSSR count). The molecule has 0 aromatic heterocycles. The maximum Gasteiger partial charge on any atom is 0.305 e. The molecule has 0 aliphatic carbocycles. The summed E-state index contributed by atoms with van der Waals surface area (Å²) >= 11 is 0. The second-order valence-electron chi connectivity index (χ2n) is 4.27. The van der Waals surface area contributed by atoms with E-state index < -0.39 is 5.97 Å². The highest BCUT2D eigenvalue weighted by atomic mass is 16.4. The van der Waals surface area contributed by atoms with Crippen molar-refractivity contribution >= 4 is 11.7 Å². The Balaban J connectivity index is 2.84. The molecule has 0 radical (unpaired) electrons. The van der Waals surface area contributed by atoms with Crippen molar-refractivity contribution in [2.24, 2.45) is 5.73 Å². The summed E-state index contributed by atoms with van der Waals surface area (Å²) in [5, 5.41) is 8.73. The molecular formula is C13H20N2O2. The monoisotopic (exact) mass is 236 g/mol. The van der Waals surface area contributed by atoms with E-state index >= 15 is 0 Å². The molecule has 0 heterocycles. The highest BCUT2D eigenvalue weighted by Crippen LogP contribution is 2.18. The number of carboxylic acids is 1. The molecule has 0 saturated carbocycles. The van der Waals surface area contributed by atoms with Crippen molar-refractivity contribution in [1.29, 1.82) is 0 Å². The van der Waals surface area contributed by atoms with Gasteiger partial charge in [-0.3, -0.25) is 4.79 Å². The average molecular weight is 236 g/mol. The Morgan fingerprint density at radius 2 is 1.82 bits per heavy atom. The van der Waals surface area contributed by atoms with Crippen LogP contribution in [0.5, 0.6) is 0 Å². The first kappa shape index (κ1) is 13.5. The summed E-state index contributed by atoms with van der Waals surface area (Å²) in [6.07, 6.45) is 0.132. The average Bonchev–Trinajstić information content (AvgIpc) is 2.22. The van der Waals surface area contributed by atoms with Gasteiger partial charge in [-0.25, -0.2) is 0 Å². The molecule has 0 bridgehead atoms. The van der Waals surface area contributed by atoms with Crippen molar-refractivity contribution in [3.05, 3.63) is 29.3 Å². The van der Waals surface area contributed by atoms with Gasteiger partial charge in [0.15, 0.2) is 0 Å². The molecule has 0 amide bonds. The van der Waals surface area contributed by atoms with Gasteiger partial charge >= 0.3 is 5.97 Å². The van der Waals surface area contributed by atoms with Crippen LogP contribution >= 0.6 is 0 Å². The largest absolute Gasteiger partial charge is 0.481 e. The van der Waals surface area contributed by atoms with Gasteiger partial charge in [-0.2, -0.15) is 0 Å². The number of nitrogens with two attached hydrogens (primary N) is 1. The number of carboxylic acid groups (broad SMARTS) is 1. The summed E-state index contributed by atoms with van der Waals surface area (Å²) in [7, 11) is 0. The third kappa shape index (κ3) is 4.44. The van der Waals surface area contributed by atoms with Crippen LogP contribution in [0.3, 0.4) is 0 Å². The molecular weight excluding hydrogens is 216 g/mol. The molecule has 1 aromatic rings. The van der Waals surface area contributed by atoms with Crippen molar-refractivity contribution in [3.63, 3.8) is 0 Å². The van der Waals surface area contributed by atoms with Crippen LogP contribution in [-0.2, 0) is 4.79 Å². The van der Waals surface area contributed by atoms with Crippen molar-refractivity contribution < 1.29 is 9.90 Å². The van der Waals surface area contributed by atoms with Crippen molar-refractivity contribution in [3.8, 4) is 0 Å². The highest BCUT2D eigenvalue weighted by molar-refractivity contribution is 5.67. The number of hydrogen-bond acceptors (Lipinski definition) is 3. The van der Waals surface area contributed by atoms with E-state index in [-0.39, 0.29) is 6.42 Å². The number of anilines is 1. The van der Waals surface area contributed by atoms with Crippen LogP contribution in [0.15, 0.2) is 18.2 Å². The normalized spacial score (nSPS) is 10.3. The molecule has 1 aromatic carbocycles. The lowest BCUT2D eigenvalue weighted by Crippen LogP contribution is -2.31. The van der Waals surface area contributed by atoms with Crippen LogP contribution in [-0.4, -0.2) is 30.7 Å². The fraction of sp³-hybridized carbons (Fsp3) is 0.462. The van der Waals surface area contributed by atoms with E-state index in [9.17, 15) is 4.79 Å². The quantitative estimate of drug-likeness (QED) is 0.786. The maximum absolute atomic E-state index is 10.6. The summed E-state index contributed by atoms with van der Waals surface area (Å²) in [4.78, 5) is 12.6. The third-order valence-electron chi connectivity index (χ3n) is 2.57. The first-order valence-electron chi connectivity index (χ1n) is 5.78. The number of rotatable bonds is 6. The van der Waals surface area contributed by atoms with Gasteiger partial charge in [0.25, 0.3) is 0 Å². The Hall–Kier alpha value is -1.55. The molecule has 4 heteroatoms. The van der Waals surface area contributed by atoms with Gasteiger partial charge in [-0.15, -0.1) is 0 Å². The lowest BCUT2D eigenvalue weighted by molar-refractivity contribution is -0.136. The predicted octanol–water partition coefficient (Wildman–Crippen LogP) is 1.54. The van der Waals surface area contributed by atoms with Crippen LogP contribution in [0.25, 0.3) is 0 Å². The fourth-order valence-corrected chi connectivity index (χ4v) is 1.89. The lowest BCUT2D eigenvalue weighted by atomic mass is 10.1. The topological polar surface area (TPSA) is 66.6 Å². The summed E-state index contributed by atoms with van der Waals surface area (Å²) in [6, 6.07) is 6.22. The Bertz CT molecular complexity index is 371. The highest BCUT2D eigenvalue weighted by Gasteiger charge is 2.08. The molecule has 17 heavy (non-hydrogen) atoms. The molecule has 0 aliphatic heterocycles. The van der Waals surface area contributed by atoms with Crippen LogP contribution in [0.4, 0.5) is 5.69 Å². The van der Waals surface area contributed by atoms with Gasteiger partial charge in [-0.05, 0) is 37.1 Å². The molecule has 3 N–H and O–H groups in total. The number of aliphatic carboxylic acids is 1. The van der Waals surface area contributed by atoms with Gasteiger partial charge < -0.3 is 15.7 Å². The standard InChI is InChI=1S/C13H20N2O2/c1-10-7-11(2)9-12(8-10)15(6-4-14)5-3-13(16)17/h7-9H,3-6,14H2,1-2H3,(H,16,17). The van der Waals surface area contributed by atoms with Crippen LogP contribution in [0.1, 0.15) is 17.5 Å². The SMILES string of the molecule is Cc1cc(C)cc(N(CCN)CCC(=O)O)c1. The Morgan fingerprint density at radius 1 is 1.24 bits per heavy atom. The van der Waals surface area contributed by atoms with Crippen LogP contribution < -0.4 is 10.6 Å². The van der Waals surface area contributed by atoms with E-state index in [1.807, 2.05) is 18.7 Å². The van der Waals surface area contributed by atoms with Crippen molar-refractivity contribution in [1.82, 2.24) is 0 Å². The van der Waals surface area contributed by atoms with Crippen LogP contribution in [0, 0.1) is 13.8 Å². The summed E-state index contributed by atoms with van der Waals surface area (Å²) in [6.45, 7) is 5.76. The van der Waals surface area contributed by atoms with Crippen molar-refractivity contribution in [2.75, 3.05) is 24.5 Å². The van der Waals surface area contributed by atoms with E-state index in [0.29, 0.717) is 19.6 Å². The van der Waals surface area contributed by atoms with Crippen molar-refractivity contribution in [2.45, 2.75) is 20.3 Å². The third-order valence-corrected chi connectivity index (χ3v) is 2.57. The Morgan fingerprint density at radius 3 is 2.29 bits per heavy atom. The van der Waals surface area contributed by atoms with Gasteiger partial charge in [-0.1, -0.05) is 6.07 Å². The van der Waals surface area contributed by atoms with E-state index in [1.165, 1.54) is 11.1 Å². The van der Waals surface area contributed by atoms with Crippen LogP contribution in [0.2, 0.25) is 0 Å². The number of carbonyl (C=O) groups is 1. The van der Waals surface area contributed by atoms with Gasteiger partial charge in [0.2, 0.25) is 0 Å². The minimum absolute atomic E-state index is 0.132. The van der Waals surface area contributed by atoms with Gasteiger partial charge in [0.05, 0.1) is 6.42 Å². The van der Waals surface area contributed by atoms with E-state index in [0.717, 1.165) is 5.69 Å². The zero-order valence-corrected chi connectivity index (χ0v) is 10.4. The Labute approximate surface area is 102 Å². The molecule has 0 spiro atoms. The van der Waals surface area contributed by atoms with Gasteiger partial charge in [0.1, 0.15) is 0 Å². The predicted molar refractivity (Wildman–Crippen MR) is 69.4 cm³/mol. The number of hydrogen-bond donors (Lipinski definition) is 2. The minimum Gasteiger partial charge on any atom is -0.481 e. The Kier molecular flexibility index (Phi) is 4.97. The molecule has 0 saturated heterocycles. The second kappa shape index (κ2) is 6.25. The molecule has 0 unspecified atom stereocenters. The smallest absolute Gasteiger partial charge is 0.305 e. The number of nitrogens with zero attached hydrogens (tertiary/aromatic N) is 1. The number of aryl methyl sites for hydroxylation is 2. The maximum atomic E-state index is 10.6. The zero-order chi connectivity index (χ0) is 12.8. The second-order valence-corrected chi connectivity index (χ2v) is 4.27. The molecule has 0 fully saturated rings. The first-order chi connectivity index (χ1) is 8.02. The van der Waals surface area contributed by atoms with Gasteiger partial charge in [0, 0.05) is 25.3 Å². The molecule has 0 aliphatic rings. The minimum atomic E-state index is -0.781.